The summed E-state index contributed by atoms with van der Waals surface area (Å²) in [5.74, 6) is -5.04. The normalized spacial score (nSPS) is 10.5. The van der Waals surface area contributed by atoms with Gasteiger partial charge in [0.2, 0.25) is 0 Å². The molecule has 0 saturated carbocycles. The van der Waals surface area contributed by atoms with Crippen LogP contribution < -0.4 is 5.73 Å². The van der Waals surface area contributed by atoms with Crippen LogP contribution in [-0.4, -0.2) is 5.78 Å². The molecule has 2 N–H and O–H groups in total. The Kier molecular flexibility index (Phi) is 3.61. The second-order valence-corrected chi connectivity index (χ2v) is 4.67. The van der Waals surface area contributed by atoms with E-state index in [1.807, 2.05) is 0 Å². The first-order valence-electron chi connectivity index (χ1n) is 5.14. The number of ketones is 1. The first-order chi connectivity index (χ1) is 8.90. The average molecular weight is 330 g/mol. The van der Waals surface area contributed by atoms with Crippen molar-refractivity contribution >= 4 is 27.4 Å². The number of hydrogen-bond donors (Lipinski definition) is 1. The number of benzene rings is 2. The van der Waals surface area contributed by atoms with Crippen molar-refractivity contribution in [3.8, 4) is 0 Å². The summed E-state index contributed by atoms with van der Waals surface area (Å²) in [6.45, 7) is 0. The van der Waals surface area contributed by atoms with Crippen molar-refractivity contribution in [2.75, 3.05) is 5.73 Å². The van der Waals surface area contributed by atoms with Gasteiger partial charge in [0.05, 0.1) is 0 Å². The van der Waals surface area contributed by atoms with E-state index in [9.17, 15) is 18.0 Å². The highest BCUT2D eigenvalue weighted by atomic mass is 79.9. The second kappa shape index (κ2) is 5.05. The van der Waals surface area contributed by atoms with Crippen molar-refractivity contribution in [3.63, 3.8) is 0 Å². The van der Waals surface area contributed by atoms with Crippen LogP contribution in [0.4, 0.5) is 18.9 Å². The van der Waals surface area contributed by atoms with Gasteiger partial charge in [0, 0.05) is 21.3 Å². The molecule has 0 unspecified atom stereocenters. The minimum Gasteiger partial charge on any atom is -0.398 e. The topological polar surface area (TPSA) is 43.1 Å². The third-order valence-corrected chi connectivity index (χ3v) is 3.20. The lowest BCUT2D eigenvalue weighted by Crippen LogP contribution is -2.05. The number of halogens is 4. The van der Waals surface area contributed by atoms with Crippen LogP contribution in [0.25, 0.3) is 0 Å². The Hall–Kier alpha value is -1.82. The monoisotopic (exact) mass is 329 g/mol. The van der Waals surface area contributed by atoms with Crippen LogP contribution in [0.1, 0.15) is 15.9 Å². The number of carbonyl (C=O) groups is 1. The fraction of sp³-hybridized carbons (Fsp3) is 0. The van der Waals surface area contributed by atoms with Crippen LogP contribution in [0.2, 0.25) is 0 Å². The summed E-state index contributed by atoms with van der Waals surface area (Å²) in [6, 6.07) is 5.64. The predicted molar refractivity (Wildman–Crippen MR) is 68.3 cm³/mol. The summed E-state index contributed by atoms with van der Waals surface area (Å²) in [5, 5.41) is 0. The number of rotatable bonds is 2. The number of hydrogen-bond acceptors (Lipinski definition) is 2. The number of anilines is 1. The summed E-state index contributed by atoms with van der Waals surface area (Å²) >= 11 is 3.14. The van der Waals surface area contributed by atoms with Gasteiger partial charge in [-0.05, 0) is 46.3 Å². The van der Waals surface area contributed by atoms with Gasteiger partial charge in [-0.2, -0.15) is 0 Å². The summed E-state index contributed by atoms with van der Waals surface area (Å²) < 4.78 is 39.4. The molecular formula is C13H7BrF3NO. The third kappa shape index (κ3) is 2.63. The zero-order chi connectivity index (χ0) is 14.2. The molecule has 19 heavy (non-hydrogen) atoms. The first-order valence-corrected chi connectivity index (χ1v) is 5.93. The minimum absolute atomic E-state index is 0.187. The highest BCUT2D eigenvalue weighted by molar-refractivity contribution is 9.10. The highest BCUT2D eigenvalue weighted by Gasteiger charge is 2.16. The fourth-order valence-corrected chi connectivity index (χ4v) is 1.90. The van der Waals surface area contributed by atoms with Crippen molar-refractivity contribution < 1.29 is 18.0 Å². The molecule has 2 rings (SSSR count). The Balaban J connectivity index is 2.47. The van der Waals surface area contributed by atoms with Crippen molar-refractivity contribution in [1.82, 2.24) is 0 Å². The molecule has 0 amide bonds. The van der Waals surface area contributed by atoms with Crippen molar-refractivity contribution in [2.24, 2.45) is 0 Å². The Morgan fingerprint density at radius 2 is 1.58 bits per heavy atom. The van der Waals surface area contributed by atoms with Gasteiger partial charge in [-0.15, -0.1) is 0 Å². The minimum atomic E-state index is -1.60. The van der Waals surface area contributed by atoms with Gasteiger partial charge in [0.25, 0.3) is 0 Å². The van der Waals surface area contributed by atoms with E-state index in [4.69, 9.17) is 5.73 Å². The molecule has 2 aromatic rings. The van der Waals surface area contributed by atoms with Gasteiger partial charge in [-0.3, -0.25) is 4.79 Å². The van der Waals surface area contributed by atoms with Crippen LogP contribution in [0.15, 0.2) is 34.8 Å². The summed E-state index contributed by atoms with van der Waals surface area (Å²) in [7, 11) is 0. The SMILES string of the molecule is Nc1ccc(C(=O)c2cc(F)c(F)c(F)c2)cc1Br. The molecule has 0 aliphatic rings. The van der Waals surface area contributed by atoms with E-state index in [1.165, 1.54) is 18.2 Å². The van der Waals surface area contributed by atoms with Crippen LogP contribution in [0.3, 0.4) is 0 Å². The van der Waals surface area contributed by atoms with E-state index < -0.39 is 23.2 Å². The molecule has 0 bridgehead atoms. The lowest BCUT2D eigenvalue weighted by Gasteiger charge is -2.05. The maximum atomic E-state index is 13.1. The molecule has 2 aromatic carbocycles. The Morgan fingerprint density at radius 1 is 1.00 bits per heavy atom. The second-order valence-electron chi connectivity index (χ2n) is 3.82. The van der Waals surface area contributed by atoms with Gasteiger partial charge in [0.15, 0.2) is 23.2 Å². The van der Waals surface area contributed by atoms with Crippen LogP contribution in [0.5, 0.6) is 0 Å². The maximum Gasteiger partial charge on any atom is 0.194 e. The van der Waals surface area contributed by atoms with Crippen LogP contribution >= 0.6 is 15.9 Å². The molecule has 0 fully saturated rings. The van der Waals surface area contributed by atoms with Crippen LogP contribution in [0, 0.1) is 17.5 Å². The molecule has 0 atom stereocenters. The molecule has 6 heteroatoms. The zero-order valence-electron chi connectivity index (χ0n) is 9.38. The summed E-state index contributed by atoms with van der Waals surface area (Å²) in [6.07, 6.45) is 0. The molecule has 0 aliphatic carbocycles. The summed E-state index contributed by atoms with van der Waals surface area (Å²) in [5.41, 5.74) is 5.91. The predicted octanol–water partition coefficient (Wildman–Crippen LogP) is 3.68. The van der Waals surface area contributed by atoms with Crippen LogP contribution in [-0.2, 0) is 0 Å². The van der Waals surface area contributed by atoms with Gasteiger partial charge in [-0.1, -0.05) is 0 Å². The van der Waals surface area contributed by atoms with Crippen molar-refractivity contribution in [1.29, 1.82) is 0 Å². The molecule has 0 saturated heterocycles. The molecule has 0 heterocycles. The van der Waals surface area contributed by atoms with E-state index in [1.54, 1.807) is 0 Å². The first kappa shape index (κ1) is 13.6. The molecule has 0 aliphatic heterocycles. The Morgan fingerprint density at radius 3 is 2.11 bits per heavy atom. The molecule has 2 nitrogen and oxygen atoms in total. The molecule has 98 valence electrons. The van der Waals surface area contributed by atoms with E-state index in [0.717, 1.165) is 0 Å². The van der Waals surface area contributed by atoms with E-state index in [2.05, 4.69) is 15.9 Å². The van der Waals surface area contributed by atoms with Crippen molar-refractivity contribution in [2.45, 2.75) is 0 Å². The van der Waals surface area contributed by atoms with Crippen molar-refractivity contribution in [3.05, 3.63) is 63.4 Å². The molecule has 0 radical (unpaired) electrons. The Bertz CT molecular complexity index is 650. The standard InChI is InChI=1S/C13H7BrF3NO/c14-8-3-6(1-2-11(8)18)13(19)7-4-9(15)12(17)10(16)5-7/h1-5H,18H2. The third-order valence-electron chi connectivity index (χ3n) is 2.51. The van der Waals surface area contributed by atoms with Gasteiger partial charge >= 0.3 is 0 Å². The molecule has 0 spiro atoms. The fourth-order valence-electron chi connectivity index (χ4n) is 1.52. The smallest absolute Gasteiger partial charge is 0.194 e. The number of carbonyl (C=O) groups excluding carboxylic acids is 1. The number of nitrogen functional groups attached to an aromatic ring is 1. The lowest BCUT2D eigenvalue weighted by atomic mass is 10.0. The van der Waals surface area contributed by atoms with Gasteiger partial charge < -0.3 is 5.73 Å². The van der Waals surface area contributed by atoms with Gasteiger partial charge in [-0.25, -0.2) is 13.2 Å². The van der Waals surface area contributed by atoms with E-state index in [-0.39, 0.29) is 11.1 Å². The molecule has 0 aromatic heterocycles. The Labute approximate surface area is 115 Å². The average Bonchev–Trinajstić information content (AvgIpc) is 2.37. The highest BCUT2D eigenvalue weighted by Crippen LogP contribution is 2.23. The van der Waals surface area contributed by atoms with Gasteiger partial charge in [0.1, 0.15) is 0 Å². The zero-order valence-corrected chi connectivity index (χ0v) is 11.0. The largest absolute Gasteiger partial charge is 0.398 e. The quantitative estimate of drug-likeness (QED) is 0.519. The summed E-state index contributed by atoms with van der Waals surface area (Å²) in [4.78, 5) is 12.0. The number of nitrogens with two attached hydrogens (primary N) is 1. The lowest BCUT2D eigenvalue weighted by molar-refractivity contribution is 0.103. The molecular weight excluding hydrogens is 323 g/mol. The van der Waals surface area contributed by atoms with E-state index in [0.29, 0.717) is 22.3 Å². The maximum absolute atomic E-state index is 13.1. The van der Waals surface area contributed by atoms with E-state index >= 15 is 0 Å².